The van der Waals surface area contributed by atoms with Crippen LogP contribution >= 0.6 is 0 Å². The lowest BCUT2D eigenvalue weighted by Crippen LogP contribution is -2.32. The van der Waals surface area contributed by atoms with Crippen LogP contribution in [0.15, 0.2) is 65.8 Å². The second-order valence-corrected chi connectivity index (χ2v) is 11.4. The molecule has 0 atom stereocenters. The van der Waals surface area contributed by atoms with Gasteiger partial charge in [-0.2, -0.15) is 5.10 Å². The summed E-state index contributed by atoms with van der Waals surface area (Å²) in [6, 6.07) is 19.4. The third-order valence-electron chi connectivity index (χ3n) is 8.21. The monoisotopic (exact) mass is 582 g/mol. The second-order valence-electron chi connectivity index (χ2n) is 11.4. The third kappa shape index (κ3) is 8.99. The van der Waals surface area contributed by atoms with Gasteiger partial charge in [0, 0.05) is 44.0 Å². The van der Waals surface area contributed by atoms with Crippen LogP contribution in [-0.4, -0.2) is 74.1 Å². The molecule has 0 bridgehead atoms. The maximum atomic E-state index is 13.4. The summed E-state index contributed by atoms with van der Waals surface area (Å²) in [6.45, 7) is 15.2. The minimum Gasteiger partial charge on any atom is -0.372 e. The highest BCUT2D eigenvalue weighted by atomic mass is 16.2. The Labute approximate surface area is 256 Å². The molecule has 2 amide bonds. The van der Waals surface area contributed by atoms with E-state index in [1.165, 1.54) is 5.56 Å². The van der Waals surface area contributed by atoms with Gasteiger partial charge in [0.25, 0.3) is 11.8 Å². The predicted octanol–water partition coefficient (Wildman–Crippen LogP) is 5.69. The molecule has 8 nitrogen and oxygen atoms in total. The first-order chi connectivity index (χ1) is 20.8. The number of rotatable bonds is 13. The van der Waals surface area contributed by atoms with Crippen LogP contribution in [-0.2, 0) is 6.54 Å². The lowest BCUT2D eigenvalue weighted by atomic mass is 10.1. The minimum absolute atomic E-state index is 0.255. The molecule has 0 unspecified atom stereocenters. The number of nitrogens with zero attached hydrogens (tertiary/aromatic N) is 4. The number of aryl methyl sites for hydroxylation is 2. The van der Waals surface area contributed by atoms with Crippen LogP contribution in [0.1, 0.15) is 69.7 Å². The Hall–Kier alpha value is -4.01. The summed E-state index contributed by atoms with van der Waals surface area (Å²) in [4.78, 5) is 33.7. The molecule has 4 rings (SSSR count). The fourth-order valence-corrected chi connectivity index (χ4v) is 5.32. The van der Waals surface area contributed by atoms with Crippen molar-refractivity contribution in [3.8, 4) is 0 Å². The summed E-state index contributed by atoms with van der Waals surface area (Å²) in [6.07, 6.45) is 3.89. The molecule has 0 aliphatic carbocycles. The van der Waals surface area contributed by atoms with Crippen LogP contribution in [0.3, 0.4) is 0 Å². The summed E-state index contributed by atoms with van der Waals surface area (Å²) in [5, 5.41) is 7.20. The van der Waals surface area contributed by atoms with E-state index < -0.39 is 0 Å². The highest BCUT2D eigenvalue weighted by Gasteiger charge is 2.19. The van der Waals surface area contributed by atoms with Crippen molar-refractivity contribution in [1.82, 2.24) is 15.2 Å². The van der Waals surface area contributed by atoms with Gasteiger partial charge in [0.2, 0.25) is 0 Å². The van der Waals surface area contributed by atoms with E-state index >= 15 is 0 Å². The van der Waals surface area contributed by atoms with Crippen molar-refractivity contribution >= 4 is 29.4 Å². The molecule has 228 valence electrons. The largest absolute Gasteiger partial charge is 0.372 e. The first kappa shape index (κ1) is 31.9. The van der Waals surface area contributed by atoms with Crippen LogP contribution in [0, 0.1) is 13.8 Å². The molecule has 3 aromatic carbocycles. The van der Waals surface area contributed by atoms with E-state index in [1.807, 2.05) is 61.5 Å². The average molecular weight is 583 g/mol. The number of hydrazone groups is 1. The molecule has 8 heteroatoms. The molecular formula is C35H46N6O2. The second kappa shape index (κ2) is 15.5. The zero-order chi connectivity index (χ0) is 30.8. The van der Waals surface area contributed by atoms with Crippen LogP contribution < -0.4 is 15.6 Å². The number of hydrogen-bond acceptors (Lipinski definition) is 6. The smallest absolute Gasteiger partial charge is 0.273 e. The molecule has 1 aliphatic rings. The highest BCUT2D eigenvalue weighted by Crippen LogP contribution is 2.27. The van der Waals surface area contributed by atoms with Gasteiger partial charge in [-0.1, -0.05) is 44.2 Å². The molecule has 43 heavy (non-hydrogen) atoms. The fraction of sp³-hybridized carbons (Fsp3) is 0.400. The van der Waals surface area contributed by atoms with Crippen molar-refractivity contribution in [3.63, 3.8) is 0 Å². The predicted molar refractivity (Wildman–Crippen MR) is 177 cm³/mol. The number of carbonyl (C=O) groups excluding carboxylic acids is 2. The van der Waals surface area contributed by atoms with Gasteiger partial charge < -0.3 is 20.0 Å². The minimum atomic E-state index is -0.375. The molecule has 3 aromatic rings. The normalized spacial score (nSPS) is 13.3. The first-order valence-corrected chi connectivity index (χ1v) is 15.4. The van der Waals surface area contributed by atoms with Crippen molar-refractivity contribution in [2.75, 3.05) is 56.5 Å². The molecule has 0 radical (unpaired) electrons. The van der Waals surface area contributed by atoms with Gasteiger partial charge in [0.05, 0.1) is 17.5 Å². The molecule has 0 aromatic heterocycles. The third-order valence-corrected chi connectivity index (χ3v) is 8.21. The van der Waals surface area contributed by atoms with E-state index in [0.29, 0.717) is 16.8 Å². The van der Waals surface area contributed by atoms with Crippen molar-refractivity contribution < 1.29 is 9.59 Å². The number of amides is 2. The summed E-state index contributed by atoms with van der Waals surface area (Å²) in [5.41, 5.74) is 9.35. The highest BCUT2D eigenvalue weighted by molar-refractivity contribution is 6.09. The van der Waals surface area contributed by atoms with Crippen LogP contribution in [0.25, 0.3) is 0 Å². The lowest BCUT2D eigenvalue weighted by molar-refractivity contribution is 0.0956. The first-order valence-electron chi connectivity index (χ1n) is 15.4. The summed E-state index contributed by atoms with van der Waals surface area (Å²) >= 11 is 0. The van der Waals surface area contributed by atoms with Gasteiger partial charge in [0.1, 0.15) is 0 Å². The van der Waals surface area contributed by atoms with Crippen molar-refractivity contribution in [3.05, 3.63) is 94.0 Å². The quantitative estimate of drug-likeness (QED) is 0.200. The van der Waals surface area contributed by atoms with Gasteiger partial charge >= 0.3 is 0 Å². The Morgan fingerprint density at radius 1 is 0.907 bits per heavy atom. The lowest BCUT2D eigenvalue weighted by Gasteiger charge is -2.23. The zero-order valence-corrected chi connectivity index (χ0v) is 26.3. The zero-order valence-electron chi connectivity index (χ0n) is 26.3. The van der Waals surface area contributed by atoms with E-state index in [2.05, 4.69) is 58.4 Å². The number of anilines is 2. The Kier molecular flexibility index (Phi) is 11.5. The SMILES string of the molecule is CCN(CC)CCN(C)Cc1cccc(C(=O)Nc2ccc(N3CCCC3)cc2C(=O)NN=Cc2ccc(C)c(C)c2)c1. The molecule has 1 aliphatic heterocycles. The molecular weight excluding hydrogens is 536 g/mol. The summed E-state index contributed by atoms with van der Waals surface area (Å²) in [7, 11) is 2.10. The van der Waals surface area contributed by atoms with Crippen molar-refractivity contribution in [2.24, 2.45) is 5.10 Å². The van der Waals surface area contributed by atoms with Gasteiger partial charge in [-0.25, -0.2) is 5.43 Å². The van der Waals surface area contributed by atoms with Crippen molar-refractivity contribution in [2.45, 2.75) is 47.1 Å². The van der Waals surface area contributed by atoms with Gasteiger partial charge in [-0.3, -0.25) is 9.59 Å². The van der Waals surface area contributed by atoms with Crippen LogP contribution in [0.5, 0.6) is 0 Å². The van der Waals surface area contributed by atoms with Crippen molar-refractivity contribution in [1.29, 1.82) is 0 Å². The van der Waals surface area contributed by atoms with E-state index in [-0.39, 0.29) is 11.8 Å². The molecule has 1 heterocycles. The Balaban J connectivity index is 1.48. The number of benzene rings is 3. The van der Waals surface area contributed by atoms with E-state index in [4.69, 9.17) is 0 Å². The van der Waals surface area contributed by atoms with E-state index in [9.17, 15) is 9.59 Å². The number of likely N-dealkylation sites (N-methyl/N-ethyl adjacent to an activating group) is 2. The van der Waals surface area contributed by atoms with Gasteiger partial charge in [-0.05, 0) is 99.4 Å². The number of hydrogen-bond donors (Lipinski definition) is 2. The van der Waals surface area contributed by atoms with Crippen LogP contribution in [0.2, 0.25) is 0 Å². The fourth-order valence-electron chi connectivity index (χ4n) is 5.32. The Bertz CT molecular complexity index is 1430. The van der Waals surface area contributed by atoms with E-state index in [1.54, 1.807) is 12.3 Å². The molecule has 0 spiro atoms. The maximum absolute atomic E-state index is 13.4. The molecule has 1 fully saturated rings. The molecule has 2 N–H and O–H groups in total. The molecule has 0 saturated carbocycles. The summed E-state index contributed by atoms with van der Waals surface area (Å²) in [5.74, 6) is -0.630. The standard InChI is InChI=1S/C35H46N6O2/c1-6-40(7-2)20-19-39(5)25-29-11-10-12-30(22-29)34(42)37-33-16-15-31(41-17-8-9-18-41)23-32(33)35(43)38-36-24-28-14-13-26(3)27(4)21-28/h10-16,21-24H,6-9,17-20,25H2,1-5H3,(H,37,42)(H,38,43). The van der Waals surface area contributed by atoms with Gasteiger partial charge in [-0.15, -0.1) is 0 Å². The topological polar surface area (TPSA) is 80.3 Å². The average Bonchev–Trinajstić information content (AvgIpc) is 3.55. The van der Waals surface area contributed by atoms with E-state index in [0.717, 1.165) is 81.0 Å². The van der Waals surface area contributed by atoms with Crippen LogP contribution in [0.4, 0.5) is 11.4 Å². The Morgan fingerprint density at radius 2 is 1.67 bits per heavy atom. The summed E-state index contributed by atoms with van der Waals surface area (Å²) < 4.78 is 0. The molecule has 1 saturated heterocycles. The van der Waals surface area contributed by atoms with Gasteiger partial charge in [0.15, 0.2) is 0 Å². The maximum Gasteiger partial charge on any atom is 0.273 e. The Morgan fingerprint density at radius 3 is 2.40 bits per heavy atom. The number of nitrogens with one attached hydrogen (secondary N) is 2. The number of carbonyl (C=O) groups is 2.